The second-order valence-corrected chi connectivity index (χ2v) is 6.83. The van der Waals surface area contributed by atoms with Gasteiger partial charge in [-0.25, -0.2) is 4.99 Å². The summed E-state index contributed by atoms with van der Waals surface area (Å²) in [6.07, 6.45) is 1.02. The lowest BCUT2D eigenvalue weighted by atomic mass is 10.1. The molecule has 0 atom stereocenters. The van der Waals surface area contributed by atoms with E-state index in [1.54, 1.807) is 0 Å². The molecule has 2 aromatic rings. The molecule has 1 aliphatic rings. The Hall–Kier alpha value is -1.84. The Morgan fingerprint density at radius 3 is 2.62 bits per heavy atom. The van der Waals surface area contributed by atoms with Crippen molar-refractivity contribution in [2.75, 3.05) is 44.8 Å². The molecule has 0 bridgehead atoms. The maximum atomic E-state index is 6.02. The monoisotopic (exact) mass is 510 g/mol. The number of guanidine groups is 1. The van der Waals surface area contributed by atoms with Gasteiger partial charge in [0.1, 0.15) is 12.4 Å². The molecular formula is C22H31IN4O2. The van der Waals surface area contributed by atoms with Gasteiger partial charge >= 0.3 is 0 Å². The summed E-state index contributed by atoms with van der Waals surface area (Å²) in [5.74, 6) is 1.27. The second-order valence-electron chi connectivity index (χ2n) is 6.83. The predicted octanol–water partition coefficient (Wildman–Crippen LogP) is 3.50. The first-order chi connectivity index (χ1) is 13.7. The molecule has 6 nitrogen and oxygen atoms in total. The molecule has 0 amide bonds. The van der Waals surface area contributed by atoms with Gasteiger partial charge in [-0.1, -0.05) is 31.2 Å². The first-order valence-electron chi connectivity index (χ1n) is 9.90. The number of aryl methyl sites for hydroxylation is 1. The summed E-state index contributed by atoms with van der Waals surface area (Å²) in [5, 5.41) is 3.13. The van der Waals surface area contributed by atoms with Crippen LogP contribution in [0, 0.1) is 0 Å². The summed E-state index contributed by atoms with van der Waals surface area (Å²) < 4.78 is 11.3. The van der Waals surface area contributed by atoms with Gasteiger partial charge in [-0.2, -0.15) is 0 Å². The summed E-state index contributed by atoms with van der Waals surface area (Å²) in [6.45, 7) is 7.81. The number of hydrogen-bond donors (Lipinski definition) is 2. The van der Waals surface area contributed by atoms with Crippen molar-refractivity contribution in [2.24, 2.45) is 10.7 Å². The fraction of sp³-hybridized carbons (Fsp3) is 0.409. The molecule has 0 radical (unpaired) electrons. The molecule has 0 aromatic heterocycles. The zero-order valence-electron chi connectivity index (χ0n) is 17.0. The molecule has 1 fully saturated rings. The van der Waals surface area contributed by atoms with Crippen LogP contribution in [0.1, 0.15) is 18.1 Å². The van der Waals surface area contributed by atoms with Gasteiger partial charge in [0.05, 0.1) is 19.8 Å². The third-order valence-electron chi connectivity index (χ3n) is 4.74. The highest BCUT2D eigenvalue weighted by Gasteiger charge is 2.09. The highest BCUT2D eigenvalue weighted by Crippen LogP contribution is 2.15. The highest BCUT2D eigenvalue weighted by molar-refractivity contribution is 14.0. The van der Waals surface area contributed by atoms with E-state index in [4.69, 9.17) is 15.2 Å². The van der Waals surface area contributed by atoms with Gasteiger partial charge < -0.3 is 20.5 Å². The Morgan fingerprint density at radius 1 is 1.14 bits per heavy atom. The van der Waals surface area contributed by atoms with Gasteiger partial charge in [-0.15, -0.1) is 24.0 Å². The number of nitrogens with two attached hydrogens (primary N) is 1. The largest absolute Gasteiger partial charge is 0.492 e. The fourth-order valence-corrected chi connectivity index (χ4v) is 3.04. The number of nitrogens with zero attached hydrogens (tertiary/aromatic N) is 2. The molecule has 0 spiro atoms. The summed E-state index contributed by atoms with van der Waals surface area (Å²) >= 11 is 0. The number of anilines is 1. The van der Waals surface area contributed by atoms with Crippen molar-refractivity contribution < 1.29 is 9.47 Å². The normalized spacial score (nSPS) is 14.9. The molecule has 1 saturated heterocycles. The van der Waals surface area contributed by atoms with Gasteiger partial charge in [0.2, 0.25) is 0 Å². The topological polar surface area (TPSA) is 72.1 Å². The smallest absolute Gasteiger partial charge is 0.193 e. The van der Waals surface area contributed by atoms with Gasteiger partial charge in [0.15, 0.2) is 5.96 Å². The number of ether oxygens (including phenoxy) is 2. The number of hydrogen-bond acceptors (Lipinski definition) is 4. The summed E-state index contributed by atoms with van der Waals surface area (Å²) in [6, 6.07) is 16.2. The van der Waals surface area contributed by atoms with Crippen LogP contribution >= 0.6 is 24.0 Å². The van der Waals surface area contributed by atoms with E-state index in [0.29, 0.717) is 19.1 Å². The Bertz CT molecular complexity index is 762. The third kappa shape index (κ3) is 8.20. The van der Waals surface area contributed by atoms with E-state index in [2.05, 4.69) is 34.3 Å². The average molecular weight is 510 g/mol. The standard InChI is InChI=1S/C22H30N4O2.HI/c1-2-18-6-8-20(9-7-18)25-22(23)24-17-19-4-3-5-21(16-19)28-15-12-26-10-13-27-14-11-26;/h3-9,16H,2,10-15,17H2,1H3,(H3,23,24,25);1H. The molecule has 3 rings (SSSR count). The van der Waals surface area contributed by atoms with Crippen LogP contribution in [-0.2, 0) is 17.7 Å². The van der Waals surface area contributed by atoms with Crippen molar-refractivity contribution >= 4 is 35.6 Å². The lowest BCUT2D eigenvalue weighted by Gasteiger charge is -2.26. The molecule has 7 heteroatoms. The van der Waals surface area contributed by atoms with Crippen LogP contribution in [0.2, 0.25) is 0 Å². The molecule has 1 aliphatic heterocycles. The molecule has 29 heavy (non-hydrogen) atoms. The lowest BCUT2D eigenvalue weighted by Crippen LogP contribution is -2.38. The molecule has 0 unspecified atom stereocenters. The Balaban J connectivity index is 0.00000300. The van der Waals surface area contributed by atoms with Crippen molar-refractivity contribution in [1.82, 2.24) is 4.90 Å². The number of rotatable bonds is 8. The first-order valence-corrected chi connectivity index (χ1v) is 9.90. The van der Waals surface area contributed by atoms with Crippen molar-refractivity contribution in [2.45, 2.75) is 19.9 Å². The summed E-state index contributed by atoms with van der Waals surface area (Å²) in [4.78, 5) is 6.79. The van der Waals surface area contributed by atoms with Crippen molar-refractivity contribution in [3.63, 3.8) is 0 Å². The van der Waals surface area contributed by atoms with Crippen LogP contribution in [0.3, 0.4) is 0 Å². The number of benzene rings is 2. The molecule has 1 heterocycles. The van der Waals surface area contributed by atoms with Crippen LogP contribution in [0.25, 0.3) is 0 Å². The average Bonchev–Trinajstić information content (AvgIpc) is 2.74. The van der Waals surface area contributed by atoms with E-state index in [0.717, 1.165) is 56.3 Å². The first kappa shape index (κ1) is 23.4. The van der Waals surface area contributed by atoms with Crippen LogP contribution in [-0.4, -0.2) is 50.3 Å². The van der Waals surface area contributed by atoms with E-state index in [-0.39, 0.29) is 24.0 Å². The molecular weight excluding hydrogens is 479 g/mol. The Kier molecular flexibility index (Phi) is 10.2. The highest BCUT2D eigenvalue weighted by atomic mass is 127. The minimum absolute atomic E-state index is 0. The molecule has 0 saturated carbocycles. The number of aliphatic imine (C=N–C) groups is 1. The van der Waals surface area contributed by atoms with E-state index in [1.807, 2.05) is 36.4 Å². The minimum atomic E-state index is 0. The molecule has 158 valence electrons. The van der Waals surface area contributed by atoms with Crippen LogP contribution in [0.15, 0.2) is 53.5 Å². The predicted molar refractivity (Wildman–Crippen MR) is 129 cm³/mol. The lowest BCUT2D eigenvalue weighted by molar-refractivity contribution is 0.0322. The Labute approximate surface area is 190 Å². The van der Waals surface area contributed by atoms with Crippen LogP contribution in [0.5, 0.6) is 5.75 Å². The maximum Gasteiger partial charge on any atom is 0.193 e. The van der Waals surface area contributed by atoms with E-state index in [1.165, 1.54) is 5.56 Å². The van der Waals surface area contributed by atoms with Crippen molar-refractivity contribution in [3.05, 3.63) is 59.7 Å². The summed E-state index contributed by atoms with van der Waals surface area (Å²) in [7, 11) is 0. The number of nitrogens with one attached hydrogen (secondary N) is 1. The minimum Gasteiger partial charge on any atom is -0.492 e. The van der Waals surface area contributed by atoms with Crippen molar-refractivity contribution in [3.8, 4) is 5.75 Å². The zero-order valence-corrected chi connectivity index (χ0v) is 19.3. The fourth-order valence-electron chi connectivity index (χ4n) is 3.04. The zero-order chi connectivity index (χ0) is 19.6. The van der Waals surface area contributed by atoms with Gasteiger partial charge in [-0.3, -0.25) is 4.90 Å². The van der Waals surface area contributed by atoms with Gasteiger partial charge in [0.25, 0.3) is 0 Å². The van der Waals surface area contributed by atoms with Gasteiger partial charge in [0, 0.05) is 25.3 Å². The van der Waals surface area contributed by atoms with E-state index < -0.39 is 0 Å². The third-order valence-corrected chi connectivity index (χ3v) is 4.74. The van der Waals surface area contributed by atoms with E-state index in [9.17, 15) is 0 Å². The molecule has 2 aromatic carbocycles. The van der Waals surface area contributed by atoms with E-state index >= 15 is 0 Å². The summed E-state index contributed by atoms with van der Waals surface area (Å²) in [5.41, 5.74) is 9.32. The SMILES string of the molecule is CCc1ccc(NC(N)=NCc2cccc(OCCN3CCOCC3)c2)cc1.I. The number of morpholine rings is 1. The molecule has 0 aliphatic carbocycles. The maximum absolute atomic E-state index is 6.02. The number of halogens is 1. The molecule has 3 N–H and O–H groups in total. The van der Waals surface area contributed by atoms with Crippen LogP contribution in [0.4, 0.5) is 5.69 Å². The quantitative estimate of drug-likeness (QED) is 0.323. The van der Waals surface area contributed by atoms with Crippen molar-refractivity contribution in [1.29, 1.82) is 0 Å². The Morgan fingerprint density at radius 2 is 1.90 bits per heavy atom. The van der Waals surface area contributed by atoms with Gasteiger partial charge in [-0.05, 0) is 41.8 Å². The second kappa shape index (κ2) is 12.7. The van der Waals surface area contributed by atoms with Crippen LogP contribution < -0.4 is 15.8 Å².